The Hall–Kier alpha value is -1.26. The molecule has 0 heterocycles. The van der Waals surface area contributed by atoms with Gasteiger partial charge in [-0.15, -0.1) is 0 Å². The quantitative estimate of drug-likeness (QED) is 0.603. The molecule has 0 unspecified atom stereocenters. The number of halogens is 2. The summed E-state index contributed by atoms with van der Waals surface area (Å²) in [5, 5.41) is 0. The van der Waals surface area contributed by atoms with Crippen LogP contribution >= 0.6 is 31.9 Å². The molecule has 1 aliphatic carbocycles. The van der Waals surface area contributed by atoms with E-state index in [0.717, 1.165) is 8.95 Å². The van der Waals surface area contributed by atoms with E-state index < -0.39 is 0 Å². The highest BCUT2D eigenvalue weighted by Gasteiger charge is 2.29. The first-order valence-electron chi connectivity index (χ1n) is 5.26. The van der Waals surface area contributed by atoms with Crippen LogP contribution in [-0.2, 0) is 0 Å². The molecular weight excluding hydrogens is 360 g/mol. The molecule has 0 aromatic heterocycles. The van der Waals surface area contributed by atoms with Gasteiger partial charge in [-0.3, -0.25) is 9.59 Å². The molecule has 0 atom stereocenters. The van der Waals surface area contributed by atoms with Gasteiger partial charge in [0, 0.05) is 31.2 Å². The van der Waals surface area contributed by atoms with Crippen LogP contribution < -0.4 is 0 Å². The van der Waals surface area contributed by atoms with Crippen molar-refractivity contribution < 1.29 is 9.59 Å². The normalized spacial score (nSPS) is 13.2. The smallest absolute Gasteiger partial charge is 0.194 e. The van der Waals surface area contributed by atoms with E-state index in [0.29, 0.717) is 22.3 Å². The van der Waals surface area contributed by atoms with E-state index >= 15 is 0 Å². The third-order valence-corrected chi connectivity index (χ3v) is 3.93. The topological polar surface area (TPSA) is 34.1 Å². The molecule has 0 spiro atoms. The maximum Gasteiger partial charge on any atom is 0.194 e. The predicted molar refractivity (Wildman–Crippen MR) is 75.1 cm³/mol. The van der Waals surface area contributed by atoms with E-state index in [1.807, 2.05) is 0 Å². The third-order valence-electron chi connectivity index (χ3n) is 2.94. The average molecular weight is 366 g/mol. The number of fused-ring (bicyclic) bond motifs is 2. The highest BCUT2D eigenvalue weighted by Crippen LogP contribution is 2.30. The maximum atomic E-state index is 12.3. The van der Waals surface area contributed by atoms with Crippen LogP contribution in [0.25, 0.3) is 0 Å². The molecule has 0 amide bonds. The molecule has 0 fully saturated rings. The van der Waals surface area contributed by atoms with Gasteiger partial charge >= 0.3 is 0 Å². The Balaban J connectivity index is 2.31. The summed E-state index contributed by atoms with van der Waals surface area (Å²) < 4.78 is 1.59. The molecule has 0 saturated heterocycles. The average Bonchev–Trinajstić information content (AvgIpc) is 2.36. The van der Waals surface area contributed by atoms with Gasteiger partial charge in [0.05, 0.1) is 0 Å². The van der Waals surface area contributed by atoms with Crippen LogP contribution in [-0.4, -0.2) is 11.6 Å². The van der Waals surface area contributed by atoms with E-state index in [2.05, 4.69) is 31.9 Å². The minimum Gasteiger partial charge on any atom is -0.289 e. The maximum absolute atomic E-state index is 12.3. The number of hydrogen-bond acceptors (Lipinski definition) is 2. The monoisotopic (exact) mass is 364 g/mol. The number of hydrogen-bond donors (Lipinski definition) is 0. The second-order valence-electron chi connectivity index (χ2n) is 4.04. The second-order valence-corrected chi connectivity index (χ2v) is 5.87. The van der Waals surface area contributed by atoms with Gasteiger partial charge in [0.25, 0.3) is 0 Å². The van der Waals surface area contributed by atoms with Gasteiger partial charge in [0.2, 0.25) is 0 Å². The van der Waals surface area contributed by atoms with Crippen LogP contribution in [0.1, 0.15) is 31.8 Å². The minimum atomic E-state index is -0.103. The van der Waals surface area contributed by atoms with Gasteiger partial charge in [0.15, 0.2) is 11.6 Å². The molecule has 18 heavy (non-hydrogen) atoms. The molecule has 3 rings (SSSR count). The molecule has 4 heteroatoms. The number of ketones is 2. The van der Waals surface area contributed by atoms with Crippen molar-refractivity contribution >= 4 is 43.4 Å². The number of carbonyl (C=O) groups excluding carboxylic acids is 2. The lowest BCUT2D eigenvalue weighted by Crippen LogP contribution is -2.20. The van der Waals surface area contributed by atoms with Gasteiger partial charge in [-0.1, -0.05) is 31.9 Å². The molecule has 0 radical (unpaired) electrons. The summed E-state index contributed by atoms with van der Waals surface area (Å²) in [5.41, 5.74) is 1.86. The first-order chi connectivity index (χ1) is 8.58. The summed E-state index contributed by atoms with van der Waals surface area (Å²) in [7, 11) is 0. The second kappa shape index (κ2) is 4.14. The van der Waals surface area contributed by atoms with E-state index in [4.69, 9.17) is 0 Å². The van der Waals surface area contributed by atoms with Crippen molar-refractivity contribution in [2.45, 2.75) is 0 Å². The Bertz CT molecular complexity index is 643. The van der Waals surface area contributed by atoms with Crippen LogP contribution in [0.4, 0.5) is 0 Å². The van der Waals surface area contributed by atoms with E-state index in [1.165, 1.54) is 0 Å². The molecule has 1 aliphatic rings. The summed E-state index contributed by atoms with van der Waals surface area (Å²) in [6, 6.07) is 10.3. The summed E-state index contributed by atoms with van der Waals surface area (Å²) in [4.78, 5) is 24.7. The van der Waals surface area contributed by atoms with E-state index in [1.54, 1.807) is 36.4 Å². The molecule has 2 aromatic carbocycles. The highest BCUT2D eigenvalue weighted by molar-refractivity contribution is 9.10. The standard InChI is InChI=1S/C14H6Br2O2/c15-7-1-3-9-11(5-7)14(18)10-4-2-8(16)6-12(10)13(9)17/h1-6H. The lowest BCUT2D eigenvalue weighted by molar-refractivity contribution is 0.0979. The fourth-order valence-electron chi connectivity index (χ4n) is 2.09. The van der Waals surface area contributed by atoms with Gasteiger partial charge in [-0.2, -0.15) is 0 Å². The molecular formula is C14H6Br2O2. The number of benzene rings is 2. The fourth-order valence-corrected chi connectivity index (χ4v) is 2.82. The summed E-state index contributed by atoms with van der Waals surface area (Å²) in [5.74, 6) is -0.207. The summed E-state index contributed by atoms with van der Waals surface area (Å²) in [6.07, 6.45) is 0. The molecule has 0 saturated carbocycles. The first kappa shape index (κ1) is 11.8. The Morgan fingerprint density at radius 3 is 1.39 bits per heavy atom. The fraction of sp³-hybridized carbons (Fsp3) is 0. The summed E-state index contributed by atoms with van der Waals surface area (Å²) >= 11 is 6.64. The minimum absolute atomic E-state index is 0.103. The third kappa shape index (κ3) is 1.68. The zero-order chi connectivity index (χ0) is 12.9. The van der Waals surface area contributed by atoms with Gasteiger partial charge in [-0.05, 0) is 36.4 Å². The largest absolute Gasteiger partial charge is 0.289 e. The van der Waals surface area contributed by atoms with Crippen LogP contribution in [0.3, 0.4) is 0 Å². The lowest BCUT2D eigenvalue weighted by Gasteiger charge is -2.17. The number of rotatable bonds is 0. The van der Waals surface area contributed by atoms with Crippen molar-refractivity contribution in [1.29, 1.82) is 0 Å². The van der Waals surface area contributed by atoms with Gasteiger partial charge in [-0.25, -0.2) is 0 Å². The zero-order valence-corrected chi connectivity index (χ0v) is 12.2. The van der Waals surface area contributed by atoms with E-state index in [9.17, 15) is 9.59 Å². The number of carbonyl (C=O) groups is 2. The van der Waals surface area contributed by atoms with Crippen LogP contribution in [0, 0.1) is 0 Å². The van der Waals surface area contributed by atoms with Gasteiger partial charge < -0.3 is 0 Å². The molecule has 2 nitrogen and oxygen atoms in total. The summed E-state index contributed by atoms with van der Waals surface area (Å²) in [6.45, 7) is 0. The van der Waals surface area contributed by atoms with E-state index in [-0.39, 0.29) is 11.6 Å². The SMILES string of the molecule is O=C1c2ccc(Br)cc2C(=O)c2ccc(Br)cc21. The Labute approximate surface area is 120 Å². The van der Waals surface area contributed by atoms with Crippen LogP contribution in [0.2, 0.25) is 0 Å². The van der Waals surface area contributed by atoms with Crippen molar-refractivity contribution in [3.8, 4) is 0 Å². The highest BCUT2D eigenvalue weighted by atomic mass is 79.9. The van der Waals surface area contributed by atoms with Crippen molar-refractivity contribution in [2.24, 2.45) is 0 Å². The Kier molecular flexibility index (Phi) is 2.72. The Morgan fingerprint density at radius 1 is 0.611 bits per heavy atom. The molecule has 0 bridgehead atoms. The first-order valence-corrected chi connectivity index (χ1v) is 6.85. The predicted octanol–water partition coefficient (Wildman–Crippen LogP) is 3.99. The van der Waals surface area contributed by atoms with Crippen molar-refractivity contribution in [3.63, 3.8) is 0 Å². The lowest BCUT2D eigenvalue weighted by atomic mass is 9.84. The Morgan fingerprint density at radius 2 is 1.00 bits per heavy atom. The van der Waals surface area contributed by atoms with Gasteiger partial charge in [0.1, 0.15) is 0 Å². The molecule has 0 aliphatic heterocycles. The molecule has 2 aromatic rings. The molecule has 0 N–H and O–H groups in total. The van der Waals surface area contributed by atoms with Crippen LogP contribution in [0.5, 0.6) is 0 Å². The van der Waals surface area contributed by atoms with Crippen molar-refractivity contribution in [3.05, 3.63) is 67.6 Å². The molecule has 88 valence electrons. The van der Waals surface area contributed by atoms with Crippen molar-refractivity contribution in [2.75, 3.05) is 0 Å². The van der Waals surface area contributed by atoms with Crippen LogP contribution in [0.15, 0.2) is 45.3 Å². The van der Waals surface area contributed by atoms with Crippen molar-refractivity contribution in [1.82, 2.24) is 0 Å². The zero-order valence-electron chi connectivity index (χ0n) is 9.04.